The lowest BCUT2D eigenvalue weighted by atomic mass is 10.0. The van der Waals surface area contributed by atoms with E-state index in [0.717, 1.165) is 12.0 Å². The van der Waals surface area contributed by atoms with Crippen molar-refractivity contribution in [1.29, 1.82) is 0 Å². The summed E-state index contributed by atoms with van der Waals surface area (Å²) in [5.74, 6) is 0.484. The van der Waals surface area contributed by atoms with Gasteiger partial charge in [-0.2, -0.15) is 0 Å². The first-order valence-corrected chi connectivity index (χ1v) is 8.05. The third kappa shape index (κ3) is 4.35. The fourth-order valence-corrected chi connectivity index (χ4v) is 3.15. The molecule has 2 N–H and O–H groups in total. The van der Waals surface area contributed by atoms with Gasteiger partial charge in [0.2, 0.25) is 5.91 Å². The van der Waals surface area contributed by atoms with Gasteiger partial charge in [0.05, 0.1) is 16.1 Å². The minimum atomic E-state index is -0.337. The molecule has 0 bridgehead atoms. The molecular formula is C16H21Cl2NO2. The van der Waals surface area contributed by atoms with Gasteiger partial charge in [0, 0.05) is 12.5 Å². The van der Waals surface area contributed by atoms with Gasteiger partial charge < -0.3 is 10.4 Å². The monoisotopic (exact) mass is 329 g/mol. The summed E-state index contributed by atoms with van der Waals surface area (Å²) in [6.07, 6.45) is 1.17. The van der Waals surface area contributed by atoms with Crippen LogP contribution in [0.2, 0.25) is 10.0 Å². The SMILES string of the molecule is CC(O)CC(C)CNC(=O)C1CC1c1cccc(Cl)c1Cl. The molecule has 0 spiro atoms. The summed E-state index contributed by atoms with van der Waals surface area (Å²) >= 11 is 12.2. The highest BCUT2D eigenvalue weighted by Gasteiger charge is 2.44. The Morgan fingerprint density at radius 2 is 2.14 bits per heavy atom. The van der Waals surface area contributed by atoms with E-state index in [1.165, 1.54) is 0 Å². The lowest BCUT2D eigenvalue weighted by molar-refractivity contribution is -0.122. The summed E-state index contributed by atoms with van der Waals surface area (Å²) in [6, 6.07) is 5.55. The Kier molecular flexibility index (Phi) is 5.53. The first-order valence-electron chi connectivity index (χ1n) is 7.29. The fraction of sp³-hybridized carbons (Fsp3) is 0.562. The van der Waals surface area contributed by atoms with Crippen molar-refractivity contribution < 1.29 is 9.90 Å². The maximum atomic E-state index is 12.1. The van der Waals surface area contributed by atoms with Crippen LogP contribution in [0.3, 0.4) is 0 Å². The lowest BCUT2D eigenvalue weighted by Crippen LogP contribution is -2.30. The molecule has 4 atom stereocenters. The van der Waals surface area contributed by atoms with Crippen molar-refractivity contribution in [2.75, 3.05) is 6.54 Å². The van der Waals surface area contributed by atoms with Gasteiger partial charge in [0.1, 0.15) is 0 Å². The number of nitrogens with one attached hydrogen (secondary N) is 1. The minimum Gasteiger partial charge on any atom is -0.393 e. The predicted octanol–water partition coefficient (Wildman–Crippen LogP) is 3.62. The van der Waals surface area contributed by atoms with E-state index in [0.29, 0.717) is 23.0 Å². The van der Waals surface area contributed by atoms with Crippen molar-refractivity contribution in [1.82, 2.24) is 5.32 Å². The number of aliphatic hydroxyl groups is 1. The van der Waals surface area contributed by atoms with Crippen molar-refractivity contribution in [2.45, 2.75) is 38.7 Å². The number of hydrogen-bond acceptors (Lipinski definition) is 2. The van der Waals surface area contributed by atoms with E-state index in [-0.39, 0.29) is 29.8 Å². The van der Waals surface area contributed by atoms with Crippen LogP contribution in [0.1, 0.15) is 38.2 Å². The number of halogens is 2. The highest BCUT2D eigenvalue weighted by Crippen LogP contribution is 2.50. The average Bonchev–Trinajstić information content (AvgIpc) is 3.18. The van der Waals surface area contributed by atoms with Gasteiger partial charge in [0.25, 0.3) is 0 Å². The van der Waals surface area contributed by atoms with Gasteiger partial charge in [-0.05, 0) is 43.2 Å². The van der Waals surface area contributed by atoms with E-state index < -0.39 is 0 Å². The number of amides is 1. The maximum Gasteiger partial charge on any atom is 0.223 e. The standard InChI is InChI=1S/C16H21Cl2NO2/c1-9(6-10(2)20)8-19-16(21)13-7-12(13)11-4-3-5-14(17)15(11)18/h3-5,9-10,12-13,20H,6-8H2,1-2H3,(H,19,21). The lowest BCUT2D eigenvalue weighted by Gasteiger charge is -2.14. The molecule has 0 aromatic heterocycles. The highest BCUT2D eigenvalue weighted by molar-refractivity contribution is 6.42. The largest absolute Gasteiger partial charge is 0.393 e. The molecule has 21 heavy (non-hydrogen) atoms. The molecule has 1 saturated carbocycles. The van der Waals surface area contributed by atoms with E-state index in [2.05, 4.69) is 5.32 Å². The Morgan fingerprint density at radius 1 is 1.43 bits per heavy atom. The second-order valence-corrected chi connectivity index (χ2v) is 6.81. The van der Waals surface area contributed by atoms with Gasteiger partial charge in [-0.15, -0.1) is 0 Å². The van der Waals surface area contributed by atoms with Gasteiger partial charge in [-0.3, -0.25) is 4.79 Å². The molecule has 1 amide bonds. The fourth-order valence-electron chi connectivity index (χ4n) is 2.71. The molecule has 1 fully saturated rings. The van der Waals surface area contributed by atoms with Crippen LogP contribution in [-0.4, -0.2) is 23.7 Å². The van der Waals surface area contributed by atoms with Crippen LogP contribution in [0.4, 0.5) is 0 Å². The van der Waals surface area contributed by atoms with E-state index in [4.69, 9.17) is 23.2 Å². The van der Waals surface area contributed by atoms with Crippen LogP contribution >= 0.6 is 23.2 Å². The minimum absolute atomic E-state index is 0.0142. The van der Waals surface area contributed by atoms with Gasteiger partial charge in [-0.25, -0.2) is 0 Å². The molecular weight excluding hydrogens is 309 g/mol. The predicted molar refractivity (Wildman–Crippen MR) is 85.8 cm³/mol. The molecule has 116 valence electrons. The third-order valence-electron chi connectivity index (χ3n) is 3.88. The number of benzene rings is 1. The Hall–Kier alpha value is -0.770. The summed E-state index contributed by atoms with van der Waals surface area (Å²) in [7, 11) is 0. The smallest absolute Gasteiger partial charge is 0.223 e. The summed E-state index contributed by atoms with van der Waals surface area (Å²) in [6.45, 7) is 4.37. The number of carbonyl (C=O) groups excluding carboxylic acids is 1. The number of carbonyl (C=O) groups is 1. The number of rotatable bonds is 6. The maximum absolute atomic E-state index is 12.1. The van der Waals surface area contributed by atoms with Crippen LogP contribution in [-0.2, 0) is 4.79 Å². The zero-order valence-electron chi connectivity index (χ0n) is 12.3. The molecule has 3 nitrogen and oxygen atoms in total. The Balaban J connectivity index is 1.85. The molecule has 1 aliphatic carbocycles. The van der Waals surface area contributed by atoms with Crippen molar-refractivity contribution in [3.05, 3.63) is 33.8 Å². The molecule has 1 aromatic carbocycles. The van der Waals surface area contributed by atoms with Gasteiger partial charge in [-0.1, -0.05) is 42.3 Å². The summed E-state index contributed by atoms with van der Waals surface area (Å²) in [5, 5.41) is 13.4. The topological polar surface area (TPSA) is 49.3 Å². The van der Waals surface area contributed by atoms with E-state index in [9.17, 15) is 9.90 Å². The first kappa shape index (κ1) is 16.6. The molecule has 0 radical (unpaired) electrons. The second kappa shape index (κ2) is 6.99. The van der Waals surface area contributed by atoms with Crippen molar-refractivity contribution >= 4 is 29.1 Å². The quantitative estimate of drug-likeness (QED) is 0.837. The zero-order chi connectivity index (χ0) is 15.6. The van der Waals surface area contributed by atoms with Gasteiger partial charge >= 0.3 is 0 Å². The number of aliphatic hydroxyl groups excluding tert-OH is 1. The molecule has 0 saturated heterocycles. The summed E-state index contributed by atoms with van der Waals surface area (Å²) in [4.78, 5) is 12.1. The third-order valence-corrected chi connectivity index (χ3v) is 4.71. The molecule has 4 unspecified atom stereocenters. The van der Waals surface area contributed by atoms with Crippen LogP contribution in [0.25, 0.3) is 0 Å². The van der Waals surface area contributed by atoms with E-state index >= 15 is 0 Å². The van der Waals surface area contributed by atoms with Crippen LogP contribution in [0.15, 0.2) is 18.2 Å². The highest BCUT2D eigenvalue weighted by atomic mass is 35.5. The Morgan fingerprint density at radius 3 is 2.81 bits per heavy atom. The molecule has 0 heterocycles. The molecule has 0 aliphatic heterocycles. The van der Waals surface area contributed by atoms with E-state index in [1.54, 1.807) is 13.0 Å². The molecule has 5 heteroatoms. The van der Waals surface area contributed by atoms with E-state index in [1.807, 2.05) is 19.1 Å². The zero-order valence-corrected chi connectivity index (χ0v) is 13.8. The molecule has 1 aliphatic rings. The molecule has 2 rings (SSSR count). The van der Waals surface area contributed by atoms with Crippen molar-refractivity contribution in [2.24, 2.45) is 11.8 Å². The normalized spacial score (nSPS) is 23.5. The second-order valence-electron chi connectivity index (χ2n) is 6.03. The van der Waals surface area contributed by atoms with Crippen LogP contribution < -0.4 is 5.32 Å². The molecule has 1 aromatic rings. The van der Waals surface area contributed by atoms with Crippen LogP contribution in [0, 0.1) is 11.8 Å². The summed E-state index contributed by atoms with van der Waals surface area (Å²) in [5.41, 5.74) is 0.960. The van der Waals surface area contributed by atoms with Crippen LogP contribution in [0.5, 0.6) is 0 Å². The average molecular weight is 330 g/mol. The summed E-state index contributed by atoms with van der Waals surface area (Å²) < 4.78 is 0. The Labute approximate surface area is 135 Å². The van der Waals surface area contributed by atoms with Gasteiger partial charge in [0.15, 0.2) is 0 Å². The Bertz CT molecular complexity index is 519. The van der Waals surface area contributed by atoms with Crippen molar-refractivity contribution in [3.63, 3.8) is 0 Å². The number of hydrogen-bond donors (Lipinski definition) is 2. The van der Waals surface area contributed by atoms with Crippen molar-refractivity contribution in [3.8, 4) is 0 Å². The first-order chi connectivity index (χ1) is 9.90.